The molecule has 0 spiro atoms. The van der Waals surface area contributed by atoms with Crippen molar-refractivity contribution < 1.29 is 9.90 Å². The molecule has 0 bridgehead atoms. The second-order valence-electron chi connectivity index (χ2n) is 2.23. The first kappa shape index (κ1) is 9.89. The smallest absolute Gasteiger partial charge is 0.191 e. The predicted octanol–water partition coefficient (Wildman–Crippen LogP) is 2.82. The molecule has 1 aromatic rings. The Morgan fingerprint density at radius 3 is 2.08 bits per heavy atom. The van der Waals surface area contributed by atoms with Crippen molar-refractivity contribution in [1.29, 1.82) is 0 Å². The van der Waals surface area contributed by atoms with Crippen LogP contribution in [0.1, 0.15) is 10.4 Å². The molecule has 63 valence electrons. The van der Waals surface area contributed by atoms with E-state index in [1.807, 2.05) is 6.07 Å². The van der Waals surface area contributed by atoms with Crippen LogP contribution in [-0.4, -0.2) is 12.4 Å². The maximum absolute atomic E-state index is 11.0. The van der Waals surface area contributed by atoms with Crippen LogP contribution in [0.4, 0.5) is 0 Å². The average Bonchev–Trinajstić information content (AvgIpc) is 2.01. The molecule has 0 heterocycles. The van der Waals surface area contributed by atoms with E-state index in [1.165, 1.54) is 0 Å². The highest BCUT2D eigenvalue weighted by Crippen LogP contribution is 2.20. The fourth-order valence-electron chi connectivity index (χ4n) is 0.798. The lowest BCUT2D eigenvalue weighted by Gasteiger charge is -1.98. The normalized spacial score (nSPS) is 9.92. The lowest BCUT2D eigenvalue weighted by atomic mass is 10.1. The number of carbonyl (C=O) groups excluding carboxylic acids is 1. The van der Waals surface area contributed by atoms with Gasteiger partial charge in [-0.15, -0.1) is 0 Å². The fourth-order valence-corrected chi connectivity index (χ4v) is 2.09. The summed E-state index contributed by atoms with van der Waals surface area (Å²) in [6.07, 6.45) is 0. The number of ketones is 1. The zero-order valence-corrected chi connectivity index (χ0v) is 9.18. The van der Waals surface area contributed by atoms with Gasteiger partial charge in [-0.3, -0.25) is 4.79 Å². The third kappa shape index (κ3) is 2.40. The van der Waals surface area contributed by atoms with Crippen LogP contribution in [-0.2, 0) is 5.11 Å². The molecule has 1 aromatic carbocycles. The highest BCUT2D eigenvalue weighted by molar-refractivity contribution is 9.11. The molecule has 0 fully saturated rings. The maximum Gasteiger partial charge on any atom is 0.191 e. The van der Waals surface area contributed by atoms with Gasteiger partial charge in [0.2, 0.25) is 0 Å². The van der Waals surface area contributed by atoms with Gasteiger partial charge in [-0.2, -0.15) is 0 Å². The summed E-state index contributed by atoms with van der Waals surface area (Å²) >= 11 is 6.45. The summed E-state index contributed by atoms with van der Waals surface area (Å²) in [5.74, 6) is -0.392. The largest absolute Gasteiger partial charge is 0.291 e. The van der Waals surface area contributed by atoms with Crippen molar-refractivity contribution in [2.24, 2.45) is 0 Å². The van der Waals surface area contributed by atoms with Gasteiger partial charge < -0.3 is 0 Å². The van der Waals surface area contributed by atoms with E-state index in [4.69, 9.17) is 0 Å². The van der Waals surface area contributed by atoms with E-state index in [0.717, 1.165) is 8.95 Å². The van der Waals surface area contributed by atoms with Gasteiger partial charge in [-0.1, -0.05) is 31.9 Å². The number of Topliss-reactive ketones (excluding diaryl/α,β-unsaturated/α-hetero) is 1. The van der Waals surface area contributed by atoms with Crippen LogP contribution in [0.3, 0.4) is 0 Å². The topological polar surface area (TPSA) is 37.0 Å². The van der Waals surface area contributed by atoms with Gasteiger partial charge >= 0.3 is 0 Å². The third-order valence-electron chi connectivity index (χ3n) is 1.32. The third-order valence-corrected chi connectivity index (χ3v) is 2.23. The van der Waals surface area contributed by atoms with Crippen LogP contribution in [0, 0.1) is 0 Å². The van der Waals surface area contributed by atoms with E-state index in [2.05, 4.69) is 31.9 Å². The van der Waals surface area contributed by atoms with E-state index in [9.17, 15) is 9.90 Å². The van der Waals surface area contributed by atoms with Gasteiger partial charge in [0.05, 0.1) is 0 Å². The van der Waals surface area contributed by atoms with Crippen molar-refractivity contribution in [1.82, 2.24) is 0 Å². The standard InChI is InChI=1S/C8H5Br2O2/c9-6-1-5(8(12)4-11)2-7(10)3-6/h1-3H,4H2. The molecule has 0 unspecified atom stereocenters. The summed E-state index contributed by atoms with van der Waals surface area (Å²) in [4.78, 5) is 11.0. The Kier molecular flexibility index (Phi) is 3.43. The van der Waals surface area contributed by atoms with Crippen molar-refractivity contribution in [2.45, 2.75) is 0 Å². The fraction of sp³-hybridized carbons (Fsp3) is 0.125. The van der Waals surface area contributed by atoms with Crippen LogP contribution in [0.25, 0.3) is 0 Å². The summed E-state index contributed by atoms with van der Waals surface area (Å²) in [5, 5.41) is 10.3. The van der Waals surface area contributed by atoms with E-state index in [-0.39, 0.29) is 0 Å². The zero-order valence-electron chi connectivity index (χ0n) is 6.01. The first-order valence-electron chi connectivity index (χ1n) is 3.21. The van der Waals surface area contributed by atoms with Gasteiger partial charge in [0.15, 0.2) is 5.78 Å². The minimum Gasteiger partial charge on any atom is -0.291 e. The number of halogens is 2. The van der Waals surface area contributed by atoms with Crippen LogP contribution >= 0.6 is 31.9 Å². The molecule has 0 amide bonds. The van der Waals surface area contributed by atoms with Gasteiger partial charge in [-0.05, 0) is 18.2 Å². The van der Waals surface area contributed by atoms with Crippen LogP contribution < -0.4 is 0 Å². The summed E-state index contributed by atoms with van der Waals surface area (Å²) < 4.78 is 1.57. The Morgan fingerprint density at radius 2 is 1.67 bits per heavy atom. The molecule has 0 saturated heterocycles. The number of hydrogen-bond acceptors (Lipinski definition) is 1. The monoisotopic (exact) mass is 291 g/mol. The van der Waals surface area contributed by atoms with E-state index in [1.54, 1.807) is 12.1 Å². The first-order chi connectivity index (χ1) is 5.63. The lowest BCUT2D eigenvalue weighted by Crippen LogP contribution is -2.02. The average molecular weight is 293 g/mol. The minimum atomic E-state index is -0.705. The molecule has 0 aliphatic carbocycles. The van der Waals surface area contributed by atoms with Crippen LogP contribution in [0.5, 0.6) is 0 Å². The molecule has 0 saturated carbocycles. The Hall–Kier alpha value is -0.190. The second kappa shape index (κ2) is 4.16. The predicted molar refractivity (Wildman–Crippen MR) is 51.7 cm³/mol. The molecule has 1 rings (SSSR count). The van der Waals surface area contributed by atoms with Crippen LogP contribution in [0.2, 0.25) is 0 Å². The molecule has 0 aliphatic rings. The van der Waals surface area contributed by atoms with Crippen LogP contribution in [0.15, 0.2) is 27.1 Å². The van der Waals surface area contributed by atoms with Gasteiger partial charge in [-0.25, -0.2) is 5.11 Å². The molecule has 0 N–H and O–H groups in total. The Morgan fingerprint density at radius 1 is 1.17 bits per heavy atom. The summed E-state index contributed by atoms with van der Waals surface area (Å²) in [6.45, 7) is -0.705. The van der Waals surface area contributed by atoms with Crippen molar-refractivity contribution in [3.8, 4) is 0 Å². The lowest BCUT2D eigenvalue weighted by molar-refractivity contribution is 0.0827. The van der Waals surface area contributed by atoms with E-state index >= 15 is 0 Å². The molecule has 12 heavy (non-hydrogen) atoms. The summed E-state index contributed by atoms with van der Waals surface area (Å²) in [5.41, 5.74) is 0.436. The molecule has 0 aromatic heterocycles. The number of rotatable bonds is 2. The number of carbonyl (C=O) groups is 1. The van der Waals surface area contributed by atoms with Gasteiger partial charge in [0.1, 0.15) is 6.61 Å². The molecule has 2 nitrogen and oxygen atoms in total. The zero-order chi connectivity index (χ0) is 9.14. The number of hydrogen-bond donors (Lipinski definition) is 0. The molecule has 0 atom stereocenters. The Bertz CT molecular complexity index is 290. The highest BCUT2D eigenvalue weighted by atomic mass is 79.9. The molecule has 0 aliphatic heterocycles. The van der Waals surface area contributed by atoms with E-state index in [0.29, 0.717) is 5.56 Å². The summed E-state index contributed by atoms with van der Waals surface area (Å²) in [6, 6.07) is 5.07. The quantitative estimate of drug-likeness (QED) is 0.772. The summed E-state index contributed by atoms with van der Waals surface area (Å²) in [7, 11) is 0. The SMILES string of the molecule is [O]CC(=O)c1cc(Br)cc(Br)c1. The first-order valence-corrected chi connectivity index (χ1v) is 4.79. The van der Waals surface area contributed by atoms with Crippen molar-refractivity contribution >= 4 is 37.6 Å². The minimum absolute atomic E-state index is 0.392. The Balaban J connectivity index is 3.08. The Labute approximate surface area is 86.9 Å². The van der Waals surface area contributed by atoms with Crippen molar-refractivity contribution in [2.75, 3.05) is 6.61 Å². The van der Waals surface area contributed by atoms with Crippen molar-refractivity contribution in [3.63, 3.8) is 0 Å². The van der Waals surface area contributed by atoms with Crippen molar-refractivity contribution in [3.05, 3.63) is 32.7 Å². The molecular weight excluding hydrogens is 288 g/mol. The number of benzene rings is 1. The highest BCUT2D eigenvalue weighted by Gasteiger charge is 2.06. The van der Waals surface area contributed by atoms with E-state index < -0.39 is 12.4 Å². The second-order valence-corrected chi connectivity index (χ2v) is 4.06. The maximum atomic E-state index is 11.0. The van der Waals surface area contributed by atoms with Gasteiger partial charge in [0, 0.05) is 14.5 Å². The molecular formula is C8H5Br2O2. The molecule has 4 heteroatoms. The van der Waals surface area contributed by atoms with Gasteiger partial charge in [0.25, 0.3) is 0 Å². The molecule has 1 radical (unpaired) electrons.